The number of nitrogen functional groups attached to an aromatic ring is 1. The topological polar surface area (TPSA) is 75.9 Å². The number of carbonyl (C=O) groups is 2. The molecule has 0 saturated carbocycles. The summed E-state index contributed by atoms with van der Waals surface area (Å²) in [7, 11) is 1.75. The van der Waals surface area contributed by atoms with Crippen LogP contribution in [0.3, 0.4) is 0 Å². The molecule has 0 spiro atoms. The van der Waals surface area contributed by atoms with E-state index < -0.39 is 0 Å². The Kier molecular flexibility index (Phi) is 4.45. The van der Waals surface area contributed by atoms with Crippen molar-refractivity contribution in [2.45, 2.75) is 6.42 Å². The molecule has 0 bridgehead atoms. The lowest BCUT2D eigenvalue weighted by molar-refractivity contribution is -0.139. The quantitative estimate of drug-likeness (QED) is 0.808. The Morgan fingerprint density at radius 1 is 1.40 bits per heavy atom. The maximum absolute atomic E-state index is 12.1. The van der Waals surface area contributed by atoms with Crippen LogP contribution in [0.25, 0.3) is 0 Å². The SMILES string of the molecule is CN1CCCN(C(=O)COc2cccc(N)c2)CC1=O. The largest absolute Gasteiger partial charge is 0.484 e. The van der Waals surface area contributed by atoms with E-state index in [1.54, 1.807) is 36.2 Å². The molecule has 6 nitrogen and oxygen atoms in total. The zero-order valence-electron chi connectivity index (χ0n) is 11.5. The van der Waals surface area contributed by atoms with Gasteiger partial charge in [-0.2, -0.15) is 0 Å². The maximum atomic E-state index is 12.1. The third kappa shape index (κ3) is 3.63. The highest BCUT2D eigenvalue weighted by atomic mass is 16.5. The number of anilines is 1. The Balaban J connectivity index is 1.89. The van der Waals surface area contributed by atoms with Gasteiger partial charge in [0.05, 0.1) is 6.54 Å². The Morgan fingerprint density at radius 2 is 2.20 bits per heavy atom. The van der Waals surface area contributed by atoms with E-state index in [1.807, 2.05) is 0 Å². The number of likely N-dealkylation sites (N-methyl/N-ethyl adjacent to an activating group) is 1. The number of hydrogen-bond acceptors (Lipinski definition) is 4. The molecule has 2 rings (SSSR count). The molecule has 0 unspecified atom stereocenters. The zero-order valence-corrected chi connectivity index (χ0v) is 11.5. The minimum Gasteiger partial charge on any atom is -0.484 e. The van der Waals surface area contributed by atoms with Crippen molar-refractivity contribution in [3.63, 3.8) is 0 Å². The fourth-order valence-corrected chi connectivity index (χ4v) is 2.04. The highest BCUT2D eigenvalue weighted by molar-refractivity contribution is 5.85. The molecular formula is C14H19N3O3. The molecule has 108 valence electrons. The molecule has 1 aromatic rings. The fraction of sp³-hybridized carbons (Fsp3) is 0.429. The minimum absolute atomic E-state index is 0.0418. The van der Waals surface area contributed by atoms with Gasteiger partial charge in [-0.05, 0) is 18.6 Å². The van der Waals surface area contributed by atoms with E-state index in [1.165, 1.54) is 4.90 Å². The van der Waals surface area contributed by atoms with Crippen LogP contribution in [0.1, 0.15) is 6.42 Å². The molecule has 1 heterocycles. The van der Waals surface area contributed by atoms with E-state index >= 15 is 0 Å². The third-order valence-corrected chi connectivity index (χ3v) is 3.25. The van der Waals surface area contributed by atoms with Crippen LogP contribution in [0.2, 0.25) is 0 Å². The van der Waals surface area contributed by atoms with Crippen LogP contribution in [0.4, 0.5) is 5.69 Å². The Labute approximate surface area is 118 Å². The molecule has 1 aromatic carbocycles. The smallest absolute Gasteiger partial charge is 0.260 e. The van der Waals surface area contributed by atoms with Gasteiger partial charge in [0.2, 0.25) is 5.91 Å². The number of amides is 2. The maximum Gasteiger partial charge on any atom is 0.260 e. The first-order valence-electron chi connectivity index (χ1n) is 6.56. The zero-order chi connectivity index (χ0) is 14.5. The van der Waals surface area contributed by atoms with Gasteiger partial charge in [-0.15, -0.1) is 0 Å². The summed E-state index contributed by atoms with van der Waals surface area (Å²) in [6.45, 7) is 1.30. The van der Waals surface area contributed by atoms with E-state index in [4.69, 9.17) is 10.5 Å². The van der Waals surface area contributed by atoms with Gasteiger partial charge in [-0.25, -0.2) is 0 Å². The molecule has 1 fully saturated rings. The van der Waals surface area contributed by atoms with E-state index in [9.17, 15) is 9.59 Å². The minimum atomic E-state index is -0.184. The second kappa shape index (κ2) is 6.27. The van der Waals surface area contributed by atoms with Crippen LogP contribution in [0.5, 0.6) is 5.75 Å². The summed E-state index contributed by atoms with van der Waals surface area (Å²) in [4.78, 5) is 27.0. The van der Waals surface area contributed by atoms with Crippen molar-refractivity contribution >= 4 is 17.5 Å². The monoisotopic (exact) mass is 277 g/mol. The van der Waals surface area contributed by atoms with Crippen molar-refractivity contribution in [3.8, 4) is 5.75 Å². The first-order chi connectivity index (χ1) is 9.56. The predicted molar refractivity (Wildman–Crippen MR) is 75.2 cm³/mol. The van der Waals surface area contributed by atoms with Crippen LogP contribution in [-0.4, -0.2) is 54.9 Å². The van der Waals surface area contributed by atoms with Gasteiger partial charge in [-0.3, -0.25) is 9.59 Å². The first-order valence-corrected chi connectivity index (χ1v) is 6.56. The van der Waals surface area contributed by atoms with E-state index in [2.05, 4.69) is 0 Å². The second-order valence-electron chi connectivity index (χ2n) is 4.85. The fourth-order valence-electron chi connectivity index (χ4n) is 2.04. The van der Waals surface area contributed by atoms with Crippen molar-refractivity contribution in [2.24, 2.45) is 0 Å². The van der Waals surface area contributed by atoms with Gasteiger partial charge < -0.3 is 20.3 Å². The lowest BCUT2D eigenvalue weighted by atomic mass is 10.3. The molecule has 6 heteroatoms. The summed E-state index contributed by atoms with van der Waals surface area (Å²) < 4.78 is 5.41. The van der Waals surface area contributed by atoms with Crippen LogP contribution >= 0.6 is 0 Å². The molecule has 2 amide bonds. The van der Waals surface area contributed by atoms with Crippen LogP contribution in [0, 0.1) is 0 Å². The van der Waals surface area contributed by atoms with Crippen molar-refractivity contribution in [3.05, 3.63) is 24.3 Å². The van der Waals surface area contributed by atoms with Gasteiger partial charge in [-0.1, -0.05) is 6.07 Å². The number of ether oxygens (including phenoxy) is 1. The van der Waals surface area contributed by atoms with Crippen molar-refractivity contribution in [1.82, 2.24) is 9.80 Å². The van der Waals surface area contributed by atoms with Gasteiger partial charge in [0.1, 0.15) is 5.75 Å². The molecule has 1 saturated heterocycles. The molecule has 0 aliphatic carbocycles. The number of benzene rings is 1. The molecule has 0 radical (unpaired) electrons. The number of nitrogens with two attached hydrogens (primary N) is 1. The summed E-state index contributed by atoms with van der Waals surface area (Å²) >= 11 is 0. The van der Waals surface area contributed by atoms with Crippen LogP contribution < -0.4 is 10.5 Å². The summed E-state index contributed by atoms with van der Waals surface area (Å²) in [5, 5.41) is 0. The standard InChI is InChI=1S/C14H19N3O3/c1-16-6-3-7-17(9-13(16)18)14(19)10-20-12-5-2-4-11(15)8-12/h2,4-5,8H,3,6-7,9-10,15H2,1H3. The van der Waals surface area contributed by atoms with E-state index in [0.29, 0.717) is 24.5 Å². The average molecular weight is 277 g/mol. The van der Waals surface area contributed by atoms with Gasteiger partial charge in [0, 0.05) is 31.9 Å². The summed E-state index contributed by atoms with van der Waals surface area (Å²) in [6, 6.07) is 6.91. The number of hydrogen-bond donors (Lipinski definition) is 1. The van der Waals surface area contributed by atoms with Crippen molar-refractivity contribution in [2.75, 3.05) is 39.0 Å². The van der Waals surface area contributed by atoms with E-state index in [0.717, 1.165) is 6.42 Å². The van der Waals surface area contributed by atoms with Crippen LogP contribution in [-0.2, 0) is 9.59 Å². The highest BCUT2D eigenvalue weighted by Crippen LogP contribution is 2.14. The molecule has 1 aliphatic rings. The number of nitrogens with zero attached hydrogens (tertiary/aromatic N) is 2. The van der Waals surface area contributed by atoms with Crippen molar-refractivity contribution < 1.29 is 14.3 Å². The summed E-state index contributed by atoms with van der Waals surface area (Å²) in [5.41, 5.74) is 6.22. The summed E-state index contributed by atoms with van der Waals surface area (Å²) in [6.07, 6.45) is 0.784. The van der Waals surface area contributed by atoms with E-state index in [-0.39, 0.29) is 25.0 Å². The molecule has 2 N–H and O–H groups in total. The highest BCUT2D eigenvalue weighted by Gasteiger charge is 2.22. The Morgan fingerprint density at radius 3 is 2.95 bits per heavy atom. The first kappa shape index (κ1) is 14.2. The van der Waals surface area contributed by atoms with Crippen molar-refractivity contribution in [1.29, 1.82) is 0 Å². The molecule has 1 aliphatic heterocycles. The van der Waals surface area contributed by atoms with Gasteiger partial charge in [0.25, 0.3) is 5.91 Å². The average Bonchev–Trinajstić information content (AvgIpc) is 2.59. The Hall–Kier alpha value is -2.24. The molecule has 0 aromatic heterocycles. The normalized spacial score (nSPS) is 15.9. The lowest BCUT2D eigenvalue weighted by Crippen LogP contribution is -2.40. The number of carbonyl (C=O) groups excluding carboxylic acids is 2. The molecule has 20 heavy (non-hydrogen) atoms. The lowest BCUT2D eigenvalue weighted by Gasteiger charge is -2.19. The van der Waals surface area contributed by atoms with Crippen LogP contribution in [0.15, 0.2) is 24.3 Å². The number of rotatable bonds is 3. The second-order valence-corrected chi connectivity index (χ2v) is 4.85. The van der Waals surface area contributed by atoms with Gasteiger partial charge in [0.15, 0.2) is 6.61 Å². The molecular weight excluding hydrogens is 258 g/mol. The Bertz CT molecular complexity index is 504. The van der Waals surface area contributed by atoms with Gasteiger partial charge >= 0.3 is 0 Å². The predicted octanol–water partition coefficient (Wildman–Crippen LogP) is 0.338. The summed E-state index contributed by atoms with van der Waals surface area (Å²) in [5.74, 6) is 0.326. The molecule has 0 atom stereocenters. The third-order valence-electron chi connectivity index (χ3n) is 3.25.